The van der Waals surface area contributed by atoms with Crippen molar-refractivity contribution in [3.8, 4) is 0 Å². The second-order valence-electron chi connectivity index (χ2n) is 7.30. The van der Waals surface area contributed by atoms with E-state index >= 15 is 0 Å². The second-order valence-corrected chi connectivity index (χ2v) is 7.30. The summed E-state index contributed by atoms with van der Waals surface area (Å²) in [6, 6.07) is 21.2. The topological polar surface area (TPSA) is 46.3 Å². The third kappa shape index (κ3) is 3.19. The number of hydrogen-bond acceptors (Lipinski definition) is 2. The van der Waals surface area contributed by atoms with Gasteiger partial charge in [0.2, 0.25) is 5.91 Å². The maximum Gasteiger partial charge on any atom is 0.242 e. The number of amides is 1. The van der Waals surface area contributed by atoms with Gasteiger partial charge in [0.1, 0.15) is 0 Å². The minimum Gasteiger partial charge on any atom is -0.340 e. The van der Waals surface area contributed by atoms with Crippen molar-refractivity contribution in [3.63, 3.8) is 0 Å². The molecule has 0 aromatic heterocycles. The van der Waals surface area contributed by atoms with Gasteiger partial charge in [0.25, 0.3) is 0 Å². The van der Waals surface area contributed by atoms with Crippen molar-refractivity contribution in [2.24, 2.45) is 5.73 Å². The molecule has 1 saturated heterocycles. The monoisotopic (exact) mass is 356 g/mol. The molecule has 1 saturated carbocycles. The molecule has 2 N–H and O–H groups in total. The minimum absolute atomic E-state index is 0. The zero-order chi connectivity index (χ0) is 16.6. The number of benzene rings is 2. The number of carbonyl (C=O) groups excluding carboxylic acids is 1. The van der Waals surface area contributed by atoms with E-state index in [9.17, 15) is 4.79 Å². The summed E-state index contributed by atoms with van der Waals surface area (Å²) in [6.07, 6.45) is 3.71. The average Bonchev–Trinajstić information content (AvgIpc) is 3.41. The molecule has 2 aromatic carbocycles. The molecule has 1 heterocycles. The highest BCUT2D eigenvalue weighted by molar-refractivity contribution is 5.89. The molecule has 3 nitrogen and oxygen atoms in total. The lowest BCUT2D eigenvalue weighted by Gasteiger charge is -2.44. The van der Waals surface area contributed by atoms with E-state index in [0.29, 0.717) is 0 Å². The quantitative estimate of drug-likeness (QED) is 0.914. The summed E-state index contributed by atoms with van der Waals surface area (Å²) in [5.74, 6) is 0.137. The van der Waals surface area contributed by atoms with E-state index in [0.717, 1.165) is 38.8 Å². The lowest BCUT2D eigenvalue weighted by atomic mass is 9.69. The molecule has 0 bridgehead atoms. The van der Waals surface area contributed by atoms with E-state index in [2.05, 4.69) is 48.5 Å². The molecule has 2 fully saturated rings. The van der Waals surface area contributed by atoms with Crippen LogP contribution in [0.4, 0.5) is 0 Å². The Bertz CT molecular complexity index is 689. The van der Waals surface area contributed by atoms with Crippen LogP contribution in [0.25, 0.3) is 0 Å². The van der Waals surface area contributed by atoms with Crippen molar-refractivity contribution < 1.29 is 4.79 Å². The molecule has 2 aliphatic rings. The standard InChI is InChI=1S/C21H24N2O.ClH/c22-21(13-14-21)19(24)23-15-7-12-20(16-23,17-8-3-1-4-9-17)18-10-5-2-6-11-18;/h1-6,8-11H,7,12-16,22H2;1H. The lowest BCUT2D eigenvalue weighted by Crippen LogP contribution is -2.54. The predicted molar refractivity (Wildman–Crippen MR) is 103 cm³/mol. The highest BCUT2D eigenvalue weighted by atomic mass is 35.5. The van der Waals surface area contributed by atoms with Crippen LogP contribution in [0.1, 0.15) is 36.8 Å². The molecule has 1 amide bonds. The fourth-order valence-electron chi connectivity index (χ4n) is 4.04. The van der Waals surface area contributed by atoms with Gasteiger partial charge < -0.3 is 10.6 Å². The van der Waals surface area contributed by atoms with Crippen molar-refractivity contribution in [3.05, 3.63) is 71.8 Å². The predicted octanol–water partition coefficient (Wildman–Crippen LogP) is 3.51. The molecule has 0 spiro atoms. The van der Waals surface area contributed by atoms with E-state index in [1.54, 1.807) is 0 Å². The van der Waals surface area contributed by atoms with E-state index in [-0.39, 0.29) is 23.7 Å². The zero-order valence-corrected chi connectivity index (χ0v) is 15.2. The van der Waals surface area contributed by atoms with Gasteiger partial charge in [-0.1, -0.05) is 60.7 Å². The van der Waals surface area contributed by atoms with Crippen LogP contribution >= 0.6 is 12.4 Å². The summed E-state index contributed by atoms with van der Waals surface area (Å²) in [6.45, 7) is 1.54. The first-order valence-corrected chi connectivity index (χ1v) is 8.83. The minimum atomic E-state index is -0.587. The molecule has 1 aliphatic heterocycles. The van der Waals surface area contributed by atoms with Gasteiger partial charge in [-0.15, -0.1) is 12.4 Å². The molecule has 25 heavy (non-hydrogen) atoms. The first-order valence-electron chi connectivity index (χ1n) is 8.83. The van der Waals surface area contributed by atoms with Crippen LogP contribution in [0.3, 0.4) is 0 Å². The molecule has 0 atom stereocenters. The summed E-state index contributed by atoms with van der Waals surface area (Å²) in [4.78, 5) is 14.8. The highest BCUT2D eigenvalue weighted by Gasteiger charge is 2.50. The number of carbonyl (C=O) groups is 1. The SMILES string of the molecule is Cl.NC1(C(=O)N2CCCC(c3ccccc3)(c3ccccc3)C2)CC1. The van der Waals surface area contributed by atoms with Crippen molar-refractivity contribution in [2.75, 3.05) is 13.1 Å². The van der Waals surface area contributed by atoms with Gasteiger partial charge in [0.15, 0.2) is 0 Å². The van der Waals surface area contributed by atoms with Crippen molar-refractivity contribution >= 4 is 18.3 Å². The maximum atomic E-state index is 12.8. The van der Waals surface area contributed by atoms with Gasteiger partial charge in [0, 0.05) is 18.5 Å². The molecular formula is C21H25ClN2O. The van der Waals surface area contributed by atoms with Gasteiger partial charge >= 0.3 is 0 Å². The van der Waals surface area contributed by atoms with E-state index < -0.39 is 5.54 Å². The zero-order valence-electron chi connectivity index (χ0n) is 14.4. The normalized spacial score (nSPS) is 20.4. The summed E-state index contributed by atoms with van der Waals surface area (Å²) in [5.41, 5.74) is 8.05. The molecule has 0 unspecified atom stereocenters. The summed E-state index contributed by atoms with van der Waals surface area (Å²) >= 11 is 0. The highest BCUT2D eigenvalue weighted by Crippen LogP contribution is 2.42. The first kappa shape index (κ1) is 18.0. The van der Waals surface area contributed by atoms with Crippen molar-refractivity contribution in [1.82, 2.24) is 4.90 Å². The van der Waals surface area contributed by atoms with Crippen LogP contribution in [0.15, 0.2) is 60.7 Å². The van der Waals surface area contributed by atoms with Gasteiger partial charge in [-0.05, 0) is 36.8 Å². The number of piperidine rings is 1. The Labute approximate surface area is 155 Å². The molecule has 1 aliphatic carbocycles. The number of nitrogens with two attached hydrogens (primary N) is 1. The molecule has 0 radical (unpaired) electrons. The number of likely N-dealkylation sites (tertiary alicyclic amines) is 1. The van der Waals surface area contributed by atoms with Crippen molar-refractivity contribution in [1.29, 1.82) is 0 Å². The van der Waals surface area contributed by atoms with Crippen LogP contribution in [0.2, 0.25) is 0 Å². The fourth-order valence-corrected chi connectivity index (χ4v) is 4.04. The summed E-state index contributed by atoms with van der Waals surface area (Å²) in [7, 11) is 0. The largest absolute Gasteiger partial charge is 0.340 e. The number of hydrogen-bond donors (Lipinski definition) is 1. The third-order valence-electron chi connectivity index (χ3n) is 5.65. The summed E-state index contributed by atoms with van der Waals surface area (Å²) in [5, 5.41) is 0. The van der Waals surface area contributed by atoms with E-state index in [4.69, 9.17) is 5.73 Å². The van der Waals surface area contributed by atoms with Gasteiger partial charge in [-0.25, -0.2) is 0 Å². The second kappa shape index (κ2) is 6.81. The molecule has 4 rings (SSSR count). The Morgan fingerprint density at radius 1 is 0.880 bits per heavy atom. The average molecular weight is 357 g/mol. The van der Waals surface area contributed by atoms with Crippen molar-refractivity contribution in [2.45, 2.75) is 36.6 Å². The van der Waals surface area contributed by atoms with E-state index in [1.165, 1.54) is 11.1 Å². The van der Waals surface area contributed by atoms with Gasteiger partial charge in [-0.2, -0.15) is 0 Å². The Morgan fingerprint density at radius 3 is 1.88 bits per heavy atom. The molecule has 2 aromatic rings. The Kier molecular flexibility index (Phi) is 4.90. The first-order chi connectivity index (χ1) is 11.6. The molecular weight excluding hydrogens is 332 g/mol. The Morgan fingerprint density at radius 2 is 1.40 bits per heavy atom. The smallest absolute Gasteiger partial charge is 0.242 e. The number of halogens is 1. The van der Waals surface area contributed by atoms with E-state index in [1.807, 2.05) is 17.0 Å². The fraction of sp³-hybridized carbons (Fsp3) is 0.381. The molecule has 4 heteroatoms. The number of rotatable bonds is 3. The maximum absolute atomic E-state index is 12.8. The number of nitrogens with zero attached hydrogens (tertiary/aromatic N) is 1. The van der Waals surface area contributed by atoms with Crippen LogP contribution in [-0.4, -0.2) is 29.4 Å². The third-order valence-corrected chi connectivity index (χ3v) is 5.65. The van der Waals surface area contributed by atoms with Crippen LogP contribution in [0.5, 0.6) is 0 Å². The van der Waals surface area contributed by atoms with Gasteiger partial charge in [-0.3, -0.25) is 4.79 Å². The molecule has 132 valence electrons. The lowest BCUT2D eigenvalue weighted by molar-refractivity contribution is -0.135. The van der Waals surface area contributed by atoms with Crippen LogP contribution < -0.4 is 5.73 Å². The van der Waals surface area contributed by atoms with Crippen LogP contribution in [0, 0.1) is 0 Å². The van der Waals surface area contributed by atoms with Gasteiger partial charge in [0.05, 0.1) is 5.54 Å². The van der Waals surface area contributed by atoms with Crippen LogP contribution in [-0.2, 0) is 10.2 Å². The summed E-state index contributed by atoms with van der Waals surface area (Å²) < 4.78 is 0. The Hall–Kier alpha value is -1.84. The Balaban J connectivity index is 0.00000182.